The molecule has 1 aliphatic heterocycles. The molecule has 0 aliphatic carbocycles. The maximum Gasteiger partial charge on any atom is 0.307 e. The molecule has 0 atom stereocenters. The number of piperidine rings is 1. The lowest BCUT2D eigenvalue weighted by molar-refractivity contribution is -0.136. The Morgan fingerprint density at radius 2 is 1.90 bits per heavy atom. The third-order valence-corrected chi connectivity index (χ3v) is 4.90. The van der Waals surface area contributed by atoms with Crippen LogP contribution in [0.2, 0.25) is 0 Å². The molecule has 0 saturated carbocycles. The number of rotatable bonds is 5. The van der Waals surface area contributed by atoms with Crippen LogP contribution in [0.4, 0.5) is 0 Å². The minimum atomic E-state index is -0.790. The van der Waals surface area contributed by atoms with Crippen LogP contribution in [-0.2, 0) is 17.8 Å². The fraction of sp³-hybridized carbons (Fsp3) is 0.500. The molecule has 2 rings (SSSR count). The first kappa shape index (κ1) is 15.9. The summed E-state index contributed by atoms with van der Waals surface area (Å²) in [6.45, 7) is 4.80. The van der Waals surface area contributed by atoms with Crippen molar-refractivity contribution in [3.8, 4) is 0 Å². The zero-order chi connectivity index (χ0) is 15.5. The fourth-order valence-corrected chi connectivity index (χ4v) is 2.94. The van der Waals surface area contributed by atoms with Gasteiger partial charge in [-0.05, 0) is 37.1 Å². The molecule has 0 unspecified atom stereocenters. The molecule has 1 saturated heterocycles. The van der Waals surface area contributed by atoms with Crippen LogP contribution in [0.5, 0.6) is 0 Å². The molecule has 5 heteroatoms. The lowest BCUT2D eigenvalue weighted by Gasteiger charge is -2.38. The summed E-state index contributed by atoms with van der Waals surface area (Å²) < 4.78 is 0. The number of nitrogens with zero attached hydrogens (tertiary/aromatic N) is 1. The highest BCUT2D eigenvalue weighted by molar-refractivity contribution is 7.80. The van der Waals surface area contributed by atoms with Crippen molar-refractivity contribution < 1.29 is 9.90 Å². The van der Waals surface area contributed by atoms with E-state index in [2.05, 4.69) is 11.8 Å². The fourth-order valence-electron chi connectivity index (χ4n) is 2.74. The number of carboxylic acids is 1. The number of carbonyl (C=O) groups is 1. The third kappa shape index (κ3) is 4.02. The zero-order valence-electron chi connectivity index (χ0n) is 12.3. The first-order valence-corrected chi connectivity index (χ1v) is 7.62. The maximum atomic E-state index is 10.9. The minimum Gasteiger partial charge on any atom is -0.481 e. The van der Waals surface area contributed by atoms with E-state index in [9.17, 15) is 4.79 Å². The van der Waals surface area contributed by atoms with Crippen LogP contribution < -0.4 is 5.73 Å². The minimum absolute atomic E-state index is 0.0353. The van der Waals surface area contributed by atoms with E-state index in [1.807, 2.05) is 24.3 Å². The van der Waals surface area contributed by atoms with Crippen LogP contribution in [0, 0.1) is 5.41 Å². The van der Waals surface area contributed by atoms with Gasteiger partial charge in [-0.3, -0.25) is 9.69 Å². The van der Waals surface area contributed by atoms with E-state index in [0.717, 1.165) is 43.6 Å². The van der Waals surface area contributed by atoms with E-state index >= 15 is 0 Å². The lowest BCUT2D eigenvalue weighted by atomic mass is 9.80. The van der Waals surface area contributed by atoms with Gasteiger partial charge in [-0.2, -0.15) is 0 Å². The number of hydrogen-bond donors (Lipinski definition) is 2. The zero-order valence-corrected chi connectivity index (χ0v) is 13.2. The van der Waals surface area contributed by atoms with E-state index < -0.39 is 5.97 Å². The van der Waals surface area contributed by atoms with Crippen LogP contribution in [0.3, 0.4) is 0 Å². The van der Waals surface area contributed by atoms with Crippen LogP contribution in [0.15, 0.2) is 24.3 Å². The molecule has 114 valence electrons. The molecular weight excluding hydrogens is 284 g/mol. The van der Waals surface area contributed by atoms with Crippen LogP contribution >= 0.6 is 12.2 Å². The van der Waals surface area contributed by atoms with Gasteiger partial charge in [0.2, 0.25) is 0 Å². The Hall–Kier alpha value is -1.46. The summed E-state index contributed by atoms with van der Waals surface area (Å²) in [4.78, 5) is 13.9. The number of likely N-dealkylation sites (tertiary alicyclic amines) is 1. The van der Waals surface area contributed by atoms with Crippen LogP contribution in [0.1, 0.15) is 30.9 Å². The van der Waals surface area contributed by atoms with Gasteiger partial charge in [0.1, 0.15) is 0 Å². The SMILES string of the molecule is CC1(C(N)=S)CCN(Cc2ccccc2CC(=O)O)CC1. The van der Waals surface area contributed by atoms with Gasteiger partial charge in [0.15, 0.2) is 0 Å². The Morgan fingerprint density at radius 3 is 2.43 bits per heavy atom. The summed E-state index contributed by atoms with van der Waals surface area (Å²) in [5.41, 5.74) is 7.78. The molecule has 0 amide bonds. The van der Waals surface area contributed by atoms with Crippen molar-refractivity contribution in [2.45, 2.75) is 32.7 Å². The Morgan fingerprint density at radius 1 is 1.33 bits per heavy atom. The number of thiocarbonyl (C=S) groups is 1. The summed E-state index contributed by atoms with van der Waals surface area (Å²) in [5, 5.41) is 8.99. The molecule has 3 N–H and O–H groups in total. The number of benzene rings is 1. The average molecular weight is 306 g/mol. The normalized spacial score (nSPS) is 18.3. The second-order valence-corrected chi connectivity index (χ2v) is 6.48. The number of carboxylic acid groups (broad SMARTS) is 1. The molecule has 1 aliphatic rings. The largest absolute Gasteiger partial charge is 0.481 e. The molecule has 0 aromatic heterocycles. The van der Waals surface area contributed by atoms with Gasteiger partial charge in [0.05, 0.1) is 11.4 Å². The van der Waals surface area contributed by atoms with Crippen molar-refractivity contribution in [2.24, 2.45) is 11.1 Å². The van der Waals surface area contributed by atoms with Gasteiger partial charge in [0, 0.05) is 12.0 Å². The number of aliphatic carboxylic acids is 1. The summed E-state index contributed by atoms with van der Waals surface area (Å²) >= 11 is 5.16. The highest BCUT2D eigenvalue weighted by atomic mass is 32.1. The van der Waals surface area contributed by atoms with Gasteiger partial charge >= 0.3 is 5.97 Å². The average Bonchev–Trinajstić information content (AvgIpc) is 2.43. The van der Waals surface area contributed by atoms with Crippen molar-refractivity contribution in [2.75, 3.05) is 13.1 Å². The van der Waals surface area contributed by atoms with E-state index in [0.29, 0.717) is 4.99 Å². The van der Waals surface area contributed by atoms with E-state index in [4.69, 9.17) is 23.1 Å². The quantitative estimate of drug-likeness (QED) is 0.816. The molecule has 0 bridgehead atoms. The summed E-state index contributed by atoms with van der Waals surface area (Å²) in [6.07, 6.45) is 2.00. The Bertz CT molecular complexity index is 537. The van der Waals surface area contributed by atoms with E-state index in [1.54, 1.807) is 0 Å². The van der Waals surface area contributed by atoms with Crippen molar-refractivity contribution in [1.29, 1.82) is 0 Å². The highest BCUT2D eigenvalue weighted by Gasteiger charge is 2.32. The highest BCUT2D eigenvalue weighted by Crippen LogP contribution is 2.31. The van der Waals surface area contributed by atoms with Gasteiger partial charge in [0.25, 0.3) is 0 Å². The van der Waals surface area contributed by atoms with Crippen molar-refractivity contribution in [1.82, 2.24) is 4.90 Å². The second-order valence-electron chi connectivity index (χ2n) is 6.04. The molecular formula is C16H22N2O2S. The van der Waals surface area contributed by atoms with Gasteiger partial charge < -0.3 is 10.8 Å². The van der Waals surface area contributed by atoms with Crippen molar-refractivity contribution in [3.05, 3.63) is 35.4 Å². The van der Waals surface area contributed by atoms with Crippen molar-refractivity contribution >= 4 is 23.2 Å². The summed E-state index contributed by atoms with van der Waals surface area (Å²) in [7, 11) is 0. The molecule has 1 aromatic rings. The van der Waals surface area contributed by atoms with Crippen LogP contribution in [0.25, 0.3) is 0 Å². The molecule has 1 fully saturated rings. The Labute approximate surface area is 130 Å². The Kier molecular flexibility index (Phi) is 4.96. The smallest absolute Gasteiger partial charge is 0.307 e. The molecule has 0 spiro atoms. The summed E-state index contributed by atoms with van der Waals surface area (Å²) in [5.74, 6) is -0.790. The summed E-state index contributed by atoms with van der Waals surface area (Å²) in [6, 6.07) is 7.76. The molecule has 1 heterocycles. The molecule has 1 aromatic carbocycles. The first-order chi connectivity index (χ1) is 9.90. The molecule has 0 radical (unpaired) electrons. The first-order valence-electron chi connectivity index (χ1n) is 7.21. The van der Waals surface area contributed by atoms with Gasteiger partial charge in [-0.15, -0.1) is 0 Å². The van der Waals surface area contributed by atoms with E-state index in [1.165, 1.54) is 0 Å². The number of nitrogens with two attached hydrogens (primary N) is 1. The predicted octanol–water partition coefficient (Wildman–Crippen LogP) is 2.20. The topological polar surface area (TPSA) is 66.6 Å². The van der Waals surface area contributed by atoms with Gasteiger partial charge in [-0.25, -0.2) is 0 Å². The predicted molar refractivity (Wildman–Crippen MR) is 87.2 cm³/mol. The monoisotopic (exact) mass is 306 g/mol. The third-order valence-electron chi connectivity index (χ3n) is 4.41. The lowest BCUT2D eigenvalue weighted by Crippen LogP contribution is -2.44. The molecule has 4 nitrogen and oxygen atoms in total. The van der Waals surface area contributed by atoms with Gasteiger partial charge in [-0.1, -0.05) is 43.4 Å². The second kappa shape index (κ2) is 6.54. The standard InChI is InChI=1S/C16H22N2O2S/c1-16(15(17)21)6-8-18(9-7-16)11-13-5-3-2-4-12(13)10-14(19)20/h2-5H,6-11H2,1H3,(H2,17,21)(H,19,20). The van der Waals surface area contributed by atoms with Crippen LogP contribution in [-0.4, -0.2) is 34.1 Å². The van der Waals surface area contributed by atoms with Crippen molar-refractivity contribution in [3.63, 3.8) is 0 Å². The Balaban J connectivity index is 2.01. The molecule has 21 heavy (non-hydrogen) atoms. The maximum absolute atomic E-state index is 10.9. The van der Waals surface area contributed by atoms with E-state index in [-0.39, 0.29) is 11.8 Å². The number of hydrogen-bond acceptors (Lipinski definition) is 3.